The van der Waals surface area contributed by atoms with Crippen LogP contribution in [0, 0.1) is 0 Å². The molecule has 0 aliphatic carbocycles. The van der Waals surface area contributed by atoms with Gasteiger partial charge in [-0.3, -0.25) is 4.79 Å². The third-order valence-electron chi connectivity index (χ3n) is 3.47. The first-order chi connectivity index (χ1) is 9.93. The number of anilines is 1. The van der Waals surface area contributed by atoms with Crippen LogP contribution in [0.15, 0.2) is 23.4 Å². The first-order valence-electron chi connectivity index (χ1n) is 6.45. The van der Waals surface area contributed by atoms with E-state index in [1.165, 1.54) is 14.2 Å². The van der Waals surface area contributed by atoms with Crippen molar-refractivity contribution in [2.45, 2.75) is 25.9 Å². The summed E-state index contributed by atoms with van der Waals surface area (Å²) in [5, 5.41) is 14.5. The molecule has 0 spiro atoms. The fourth-order valence-electron chi connectivity index (χ4n) is 1.74. The molecular weight excluding hydrogens is 274 g/mol. The Morgan fingerprint density at radius 2 is 2.14 bits per heavy atom. The second kappa shape index (κ2) is 6.94. The summed E-state index contributed by atoms with van der Waals surface area (Å²) in [5.74, 6) is -0.0641. The number of benzene rings is 1. The standard InChI is InChI=1S/C14H21N3O4/c1-5-14(2,21-4)13(18)16-11-9(12(15)17-19)7-6-8-10(11)20-3/h6-8,19H,5H2,1-4H3,(H2,15,17)(H,16,18). The van der Waals surface area contributed by atoms with Crippen LogP contribution >= 0.6 is 0 Å². The number of hydrogen-bond acceptors (Lipinski definition) is 5. The predicted molar refractivity (Wildman–Crippen MR) is 79.8 cm³/mol. The Kier molecular flexibility index (Phi) is 5.54. The second-order valence-electron chi connectivity index (χ2n) is 4.61. The minimum Gasteiger partial charge on any atom is -0.495 e. The Morgan fingerprint density at radius 1 is 1.48 bits per heavy atom. The maximum atomic E-state index is 12.4. The number of oxime groups is 1. The lowest BCUT2D eigenvalue weighted by molar-refractivity contribution is -0.136. The van der Waals surface area contributed by atoms with Crippen molar-refractivity contribution in [2.24, 2.45) is 10.9 Å². The van der Waals surface area contributed by atoms with Crippen LogP contribution in [0.3, 0.4) is 0 Å². The number of nitrogens with zero attached hydrogens (tertiary/aromatic N) is 1. The number of methoxy groups -OCH3 is 2. The lowest BCUT2D eigenvalue weighted by Gasteiger charge is -2.26. The van der Waals surface area contributed by atoms with Gasteiger partial charge in [0.25, 0.3) is 5.91 Å². The Balaban J connectivity index is 3.26. The maximum absolute atomic E-state index is 12.4. The number of carbonyl (C=O) groups excluding carboxylic acids is 1. The molecule has 0 aromatic heterocycles. The van der Waals surface area contributed by atoms with E-state index in [1.807, 2.05) is 6.92 Å². The minimum absolute atomic E-state index is 0.125. The average molecular weight is 295 g/mol. The molecule has 116 valence electrons. The van der Waals surface area contributed by atoms with Crippen LogP contribution < -0.4 is 15.8 Å². The molecule has 7 nitrogen and oxygen atoms in total. The second-order valence-corrected chi connectivity index (χ2v) is 4.61. The van der Waals surface area contributed by atoms with Crippen molar-refractivity contribution >= 4 is 17.4 Å². The average Bonchev–Trinajstić information content (AvgIpc) is 2.53. The topological polar surface area (TPSA) is 106 Å². The van der Waals surface area contributed by atoms with Crippen LogP contribution in [-0.4, -0.2) is 36.8 Å². The van der Waals surface area contributed by atoms with Gasteiger partial charge in [-0.05, 0) is 25.5 Å². The minimum atomic E-state index is -0.983. The van der Waals surface area contributed by atoms with E-state index in [4.69, 9.17) is 20.4 Å². The van der Waals surface area contributed by atoms with E-state index in [0.29, 0.717) is 23.4 Å². The summed E-state index contributed by atoms with van der Waals surface area (Å²) in [7, 11) is 2.94. The van der Waals surface area contributed by atoms with Gasteiger partial charge in [0.15, 0.2) is 5.84 Å². The van der Waals surface area contributed by atoms with Crippen LogP contribution in [0.25, 0.3) is 0 Å². The lowest BCUT2D eigenvalue weighted by Crippen LogP contribution is -2.41. The molecule has 1 atom stereocenters. The summed E-state index contributed by atoms with van der Waals surface area (Å²) < 4.78 is 10.5. The lowest BCUT2D eigenvalue weighted by atomic mass is 10.0. The van der Waals surface area contributed by atoms with Crippen molar-refractivity contribution in [2.75, 3.05) is 19.5 Å². The molecule has 1 aromatic rings. The van der Waals surface area contributed by atoms with Crippen LogP contribution in [0.1, 0.15) is 25.8 Å². The van der Waals surface area contributed by atoms with Crippen LogP contribution in [0.4, 0.5) is 5.69 Å². The summed E-state index contributed by atoms with van der Waals surface area (Å²) in [6.07, 6.45) is 0.489. The summed E-state index contributed by atoms with van der Waals surface area (Å²) in [6, 6.07) is 4.96. The van der Waals surface area contributed by atoms with Gasteiger partial charge in [-0.2, -0.15) is 0 Å². The summed E-state index contributed by atoms with van der Waals surface area (Å²) in [6.45, 7) is 3.52. The highest BCUT2D eigenvalue weighted by Crippen LogP contribution is 2.30. The van der Waals surface area contributed by atoms with Crippen LogP contribution in [0.2, 0.25) is 0 Å². The number of hydrogen-bond donors (Lipinski definition) is 3. The number of ether oxygens (including phenoxy) is 2. The molecule has 1 amide bonds. The molecule has 1 aromatic carbocycles. The normalized spacial score (nSPS) is 14.4. The zero-order valence-electron chi connectivity index (χ0n) is 12.6. The van der Waals surface area contributed by atoms with Gasteiger partial charge in [-0.1, -0.05) is 18.1 Å². The van der Waals surface area contributed by atoms with Gasteiger partial charge in [0.05, 0.1) is 12.8 Å². The van der Waals surface area contributed by atoms with E-state index in [0.717, 1.165) is 0 Å². The zero-order chi connectivity index (χ0) is 16.0. The van der Waals surface area contributed by atoms with Crippen molar-refractivity contribution in [3.63, 3.8) is 0 Å². The molecule has 1 rings (SSSR count). The van der Waals surface area contributed by atoms with Crippen LogP contribution in [-0.2, 0) is 9.53 Å². The number of nitrogens with two attached hydrogens (primary N) is 1. The molecule has 0 saturated carbocycles. The van der Waals surface area contributed by atoms with Gasteiger partial charge in [0.2, 0.25) is 0 Å². The monoisotopic (exact) mass is 295 g/mol. The molecule has 0 heterocycles. The number of nitrogens with one attached hydrogen (secondary N) is 1. The Hall–Kier alpha value is -2.28. The summed E-state index contributed by atoms with van der Waals surface area (Å²) >= 11 is 0. The molecule has 1 unspecified atom stereocenters. The number of amidine groups is 1. The SMILES string of the molecule is CCC(C)(OC)C(=O)Nc1c(OC)cccc1/C(N)=N/O. The molecule has 0 fully saturated rings. The maximum Gasteiger partial charge on any atom is 0.256 e. The van der Waals surface area contributed by atoms with Crippen LogP contribution in [0.5, 0.6) is 5.75 Å². The first kappa shape index (κ1) is 16.8. The highest BCUT2D eigenvalue weighted by molar-refractivity contribution is 6.08. The fourth-order valence-corrected chi connectivity index (χ4v) is 1.74. The Bertz CT molecular complexity index is 539. The molecule has 0 aliphatic rings. The van der Waals surface area contributed by atoms with E-state index >= 15 is 0 Å². The van der Waals surface area contributed by atoms with Gasteiger partial charge >= 0.3 is 0 Å². The molecule has 4 N–H and O–H groups in total. The van der Waals surface area contributed by atoms with Crippen molar-refractivity contribution < 1.29 is 19.5 Å². The molecular formula is C14H21N3O4. The van der Waals surface area contributed by atoms with E-state index in [1.54, 1.807) is 25.1 Å². The third-order valence-corrected chi connectivity index (χ3v) is 3.47. The van der Waals surface area contributed by atoms with Gasteiger partial charge in [0.1, 0.15) is 11.4 Å². The van der Waals surface area contributed by atoms with Crippen molar-refractivity contribution in [3.8, 4) is 5.75 Å². The Morgan fingerprint density at radius 3 is 2.62 bits per heavy atom. The van der Waals surface area contributed by atoms with Gasteiger partial charge in [-0.25, -0.2) is 0 Å². The number of para-hydroxylation sites is 1. The third kappa shape index (κ3) is 3.43. The Labute approximate surface area is 123 Å². The first-order valence-corrected chi connectivity index (χ1v) is 6.45. The summed E-state index contributed by atoms with van der Waals surface area (Å²) in [5.41, 5.74) is 5.34. The van der Waals surface area contributed by atoms with Crippen molar-refractivity contribution in [1.29, 1.82) is 0 Å². The highest BCUT2D eigenvalue weighted by atomic mass is 16.5. The molecule has 0 saturated heterocycles. The van der Waals surface area contributed by atoms with E-state index in [-0.39, 0.29) is 11.7 Å². The predicted octanol–water partition coefficient (Wildman–Crippen LogP) is 1.54. The fraction of sp³-hybridized carbons (Fsp3) is 0.429. The summed E-state index contributed by atoms with van der Waals surface area (Å²) in [4.78, 5) is 12.4. The van der Waals surface area contributed by atoms with Crippen molar-refractivity contribution in [3.05, 3.63) is 23.8 Å². The molecule has 7 heteroatoms. The highest BCUT2D eigenvalue weighted by Gasteiger charge is 2.32. The number of rotatable bonds is 6. The number of carbonyl (C=O) groups is 1. The molecule has 0 radical (unpaired) electrons. The molecule has 0 bridgehead atoms. The van der Waals surface area contributed by atoms with Gasteiger partial charge in [-0.15, -0.1) is 0 Å². The van der Waals surface area contributed by atoms with Crippen molar-refractivity contribution in [1.82, 2.24) is 0 Å². The number of amides is 1. The molecule has 21 heavy (non-hydrogen) atoms. The van der Waals surface area contributed by atoms with E-state index < -0.39 is 5.60 Å². The molecule has 0 aliphatic heterocycles. The zero-order valence-corrected chi connectivity index (χ0v) is 12.6. The van der Waals surface area contributed by atoms with E-state index in [2.05, 4.69) is 10.5 Å². The van der Waals surface area contributed by atoms with Gasteiger partial charge in [0, 0.05) is 12.7 Å². The van der Waals surface area contributed by atoms with E-state index in [9.17, 15) is 4.79 Å². The van der Waals surface area contributed by atoms with Gasteiger partial charge < -0.3 is 25.7 Å². The smallest absolute Gasteiger partial charge is 0.256 e. The largest absolute Gasteiger partial charge is 0.495 e. The quantitative estimate of drug-likeness (QED) is 0.319.